The van der Waals surface area contributed by atoms with Gasteiger partial charge in [-0.05, 0) is 52.0 Å². The van der Waals surface area contributed by atoms with Gasteiger partial charge in [-0.1, -0.05) is 32.1 Å². The lowest BCUT2D eigenvalue weighted by atomic mass is 9.71. The number of piperidine rings is 1. The number of likely N-dealkylation sites (tertiary alicyclic amines) is 1. The first-order valence-corrected chi connectivity index (χ1v) is 10.7. The first-order valence-electron chi connectivity index (χ1n) is 10.7. The Kier molecular flexibility index (Phi) is 4.89. The monoisotopic (exact) mass is 358 g/mol. The molecule has 2 saturated carbocycles. The highest BCUT2D eigenvalue weighted by Crippen LogP contribution is 2.40. The van der Waals surface area contributed by atoms with Crippen LogP contribution in [-0.4, -0.2) is 39.2 Å². The largest absolute Gasteiger partial charge is 0.389 e. The Morgan fingerprint density at radius 1 is 1.08 bits per heavy atom. The molecule has 0 spiro atoms. The van der Waals surface area contributed by atoms with Crippen LogP contribution in [0.5, 0.6) is 0 Å². The molecule has 4 nitrogen and oxygen atoms in total. The number of rotatable bonds is 2. The summed E-state index contributed by atoms with van der Waals surface area (Å²) in [6.07, 6.45) is 11.5. The van der Waals surface area contributed by atoms with E-state index in [1.807, 2.05) is 4.90 Å². The first kappa shape index (κ1) is 18.1. The Balaban J connectivity index is 1.53. The maximum absolute atomic E-state index is 13.3. The smallest absolute Gasteiger partial charge is 0.255 e. The number of amides is 1. The molecule has 26 heavy (non-hydrogen) atoms. The van der Waals surface area contributed by atoms with Crippen molar-refractivity contribution in [3.63, 3.8) is 0 Å². The summed E-state index contributed by atoms with van der Waals surface area (Å²) in [5, 5.41) is 10.9. The number of aryl methyl sites for hydroxylation is 1. The zero-order chi connectivity index (χ0) is 18.3. The van der Waals surface area contributed by atoms with Crippen molar-refractivity contribution in [1.82, 2.24) is 9.47 Å². The van der Waals surface area contributed by atoms with Gasteiger partial charge in [0.05, 0.1) is 11.2 Å². The molecule has 1 amide bonds. The van der Waals surface area contributed by atoms with Gasteiger partial charge in [0.15, 0.2) is 0 Å². The number of hydrogen-bond acceptors (Lipinski definition) is 2. The van der Waals surface area contributed by atoms with Crippen molar-refractivity contribution >= 4 is 5.91 Å². The van der Waals surface area contributed by atoms with Gasteiger partial charge in [-0.25, -0.2) is 0 Å². The molecule has 0 aromatic carbocycles. The quantitative estimate of drug-likeness (QED) is 0.853. The van der Waals surface area contributed by atoms with Crippen LogP contribution in [0.1, 0.15) is 92.0 Å². The summed E-state index contributed by atoms with van der Waals surface area (Å²) in [4.78, 5) is 15.3. The van der Waals surface area contributed by atoms with Crippen molar-refractivity contribution in [1.29, 1.82) is 0 Å². The van der Waals surface area contributed by atoms with E-state index in [0.29, 0.717) is 12.6 Å². The summed E-state index contributed by atoms with van der Waals surface area (Å²) in [6, 6.07) is 2.67. The van der Waals surface area contributed by atoms with Crippen molar-refractivity contribution in [3.05, 3.63) is 23.0 Å². The minimum Gasteiger partial charge on any atom is -0.389 e. The van der Waals surface area contributed by atoms with E-state index in [2.05, 4.69) is 24.5 Å². The van der Waals surface area contributed by atoms with E-state index in [0.717, 1.165) is 43.5 Å². The molecular formula is C22H34N2O2. The molecule has 2 atom stereocenters. The molecule has 1 aromatic rings. The second kappa shape index (κ2) is 7.03. The van der Waals surface area contributed by atoms with Gasteiger partial charge in [0, 0.05) is 36.4 Å². The number of hydrogen-bond donors (Lipinski definition) is 1. The lowest BCUT2D eigenvalue weighted by Gasteiger charge is -2.47. The fraction of sp³-hybridized carbons (Fsp3) is 0.773. The third-order valence-electron chi connectivity index (χ3n) is 7.37. The van der Waals surface area contributed by atoms with Gasteiger partial charge in [-0.3, -0.25) is 4.79 Å². The molecule has 1 aromatic heterocycles. The second-order valence-electron chi connectivity index (χ2n) is 8.99. The lowest BCUT2D eigenvalue weighted by molar-refractivity contribution is -0.0886. The molecular weight excluding hydrogens is 324 g/mol. The summed E-state index contributed by atoms with van der Waals surface area (Å²) in [6.45, 7) is 5.69. The van der Waals surface area contributed by atoms with Crippen LogP contribution >= 0.6 is 0 Å². The van der Waals surface area contributed by atoms with Gasteiger partial charge in [0.2, 0.25) is 0 Å². The first-order chi connectivity index (χ1) is 12.5. The zero-order valence-electron chi connectivity index (χ0n) is 16.5. The van der Waals surface area contributed by atoms with Gasteiger partial charge in [-0.2, -0.15) is 0 Å². The molecule has 0 unspecified atom stereocenters. The predicted octanol–water partition coefficient (Wildman–Crippen LogP) is 4.38. The number of carbonyl (C=O) groups is 1. The summed E-state index contributed by atoms with van der Waals surface area (Å²) >= 11 is 0. The van der Waals surface area contributed by atoms with E-state index in [1.54, 1.807) is 0 Å². The molecule has 3 fully saturated rings. The summed E-state index contributed by atoms with van der Waals surface area (Å²) in [5.74, 6) is 0.434. The predicted molar refractivity (Wildman–Crippen MR) is 103 cm³/mol. The third-order valence-corrected chi connectivity index (χ3v) is 7.37. The molecule has 4 heteroatoms. The number of aromatic nitrogens is 1. The van der Waals surface area contributed by atoms with Gasteiger partial charge in [-0.15, -0.1) is 0 Å². The second-order valence-corrected chi connectivity index (χ2v) is 8.99. The SMILES string of the molecule is Cc1cc(C(=O)N2CC[C@@]3(O)CCCC[C@@H]3C2)c(C)n1C1CCCCC1. The molecule has 4 rings (SSSR count). The normalized spacial score (nSPS) is 30.3. The van der Waals surface area contributed by atoms with Crippen molar-refractivity contribution in [2.75, 3.05) is 13.1 Å². The Morgan fingerprint density at radius 2 is 1.81 bits per heavy atom. The van der Waals surface area contributed by atoms with Crippen LogP contribution < -0.4 is 0 Å². The van der Waals surface area contributed by atoms with E-state index >= 15 is 0 Å². The van der Waals surface area contributed by atoms with E-state index < -0.39 is 5.60 Å². The minimum atomic E-state index is -0.520. The minimum absolute atomic E-state index is 0.174. The van der Waals surface area contributed by atoms with Gasteiger partial charge in [0.1, 0.15) is 0 Å². The molecule has 0 radical (unpaired) electrons. The van der Waals surface area contributed by atoms with Crippen LogP contribution in [0.4, 0.5) is 0 Å². The molecule has 144 valence electrons. The Morgan fingerprint density at radius 3 is 2.58 bits per heavy atom. The molecule has 0 bridgehead atoms. The highest BCUT2D eigenvalue weighted by atomic mass is 16.3. The maximum Gasteiger partial charge on any atom is 0.255 e. The molecule has 1 saturated heterocycles. The summed E-state index contributed by atoms with van der Waals surface area (Å²) < 4.78 is 2.42. The zero-order valence-corrected chi connectivity index (χ0v) is 16.5. The molecule has 2 heterocycles. The van der Waals surface area contributed by atoms with Crippen molar-refractivity contribution in [2.24, 2.45) is 5.92 Å². The van der Waals surface area contributed by atoms with Crippen molar-refractivity contribution < 1.29 is 9.90 Å². The van der Waals surface area contributed by atoms with Crippen molar-refractivity contribution in [2.45, 2.75) is 89.7 Å². The highest BCUT2D eigenvalue weighted by molar-refractivity contribution is 5.95. The van der Waals surface area contributed by atoms with Crippen molar-refractivity contribution in [3.8, 4) is 0 Å². The Labute approximate surface area is 157 Å². The third kappa shape index (κ3) is 3.11. The van der Waals surface area contributed by atoms with Gasteiger partial charge < -0.3 is 14.6 Å². The van der Waals surface area contributed by atoms with Crippen LogP contribution in [0.2, 0.25) is 0 Å². The topological polar surface area (TPSA) is 45.5 Å². The summed E-state index contributed by atoms with van der Waals surface area (Å²) in [7, 11) is 0. The molecule has 1 aliphatic heterocycles. The van der Waals surface area contributed by atoms with E-state index in [-0.39, 0.29) is 11.8 Å². The number of nitrogens with zero attached hydrogens (tertiary/aromatic N) is 2. The number of aliphatic hydroxyl groups is 1. The molecule has 3 aliphatic rings. The Bertz CT molecular complexity index is 674. The van der Waals surface area contributed by atoms with Crippen LogP contribution in [0, 0.1) is 19.8 Å². The molecule has 2 aliphatic carbocycles. The summed E-state index contributed by atoms with van der Waals surface area (Å²) in [5.41, 5.74) is 2.73. The van der Waals surface area contributed by atoms with Crippen LogP contribution in [0.3, 0.4) is 0 Å². The average molecular weight is 359 g/mol. The van der Waals surface area contributed by atoms with E-state index in [1.165, 1.54) is 44.2 Å². The van der Waals surface area contributed by atoms with Crippen LogP contribution in [-0.2, 0) is 0 Å². The number of fused-ring (bicyclic) bond motifs is 1. The van der Waals surface area contributed by atoms with E-state index in [9.17, 15) is 9.90 Å². The standard InChI is InChI=1S/C22H34N2O2/c1-16-14-20(17(2)24(16)19-9-4-3-5-10-19)21(25)23-13-12-22(26)11-7-6-8-18(22)15-23/h14,18-19,26H,3-13,15H2,1-2H3/t18-,22+/m1/s1. The Hall–Kier alpha value is -1.29. The fourth-order valence-corrected chi connectivity index (χ4v) is 5.82. The van der Waals surface area contributed by atoms with Crippen LogP contribution in [0.25, 0.3) is 0 Å². The highest BCUT2D eigenvalue weighted by Gasteiger charge is 2.44. The van der Waals surface area contributed by atoms with E-state index in [4.69, 9.17) is 0 Å². The van der Waals surface area contributed by atoms with Gasteiger partial charge in [0.25, 0.3) is 5.91 Å². The van der Waals surface area contributed by atoms with Gasteiger partial charge >= 0.3 is 0 Å². The molecule has 1 N–H and O–H groups in total. The number of carbonyl (C=O) groups excluding carboxylic acids is 1. The average Bonchev–Trinajstić information content (AvgIpc) is 2.95. The fourth-order valence-electron chi connectivity index (χ4n) is 5.82. The lowest BCUT2D eigenvalue weighted by Crippen LogP contribution is -2.54. The maximum atomic E-state index is 13.3. The van der Waals surface area contributed by atoms with Crippen LogP contribution in [0.15, 0.2) is 6.07 Å².